The summed E-state index contributed by atoms with van der Waals surface area (Å²) >= 11 is 0. The number of benzene rings is 1. The highest BCUT2D eigenvalue weighted by Crippen LogP contribution is 2.38. The summed E-state index contributed by atoms with van der Waals surface area (Å²) in [5.41, 5.74) is -0.855. The Balaban J connectivity index is 1.81. The van der Waals surface area contributed by atoms with E-state index in [1.165, 1.54) is 0 Å². The molecule has 0 bridgehead atoms. The number of anilines is 1. The number of aromatic amines is 1. The average Bonchev–Trinajstić information content (AvgIpc) is 2.73. The summed E-state index contributed by atoms with van der Waals surface area (Å²) in [6.45, 7) is 4.07. The molecule has 1 aliphatic carbocycles. The first kappa shape index (κ1) is 23.6. The Bertz CT molecular complexity index is 1050. The number of carbonyl (C=O) groups is 2. The molecule has 0 spiro atoms. The van der Waals surface area contributed by atoms with Crippen molar-refractivity contribution in [3.8, 4) is 0 Å². The standard InChI is InChI=1S/C23H26F3N3O3/c1-13-6-5-8-15(10-13)19(17-9-4-3-7-14(17)2)29-22(32)21(31)28-18-11-16(23(24,25)26)12-27-20(18)30/h3-4,7,9,11-13,15,19H,5-6,8,10H2,1-2H3,(H,27,30)(H,28,31)(H,29,32). The van der Waals surface area contributed by atoms with Crippen LogP contribution in [0.15, 0.2) is 41.3 Å². The van der Waals surface area contributed by atoms with E-state index in [2.05, 4.69) is 12.2 Å². The molecule has 9 heteroatoms. The molecule has 32 heavy (non-hydrogen) atoms. The molecule has 6 nitrogen and oxygen atoms in total. The number of halogens is 3. The maximum absolute atomic E-state index is 12.9. The normalized spacial score (nSPS) is 19.8. The van der Waals surface area contributed by atoms with Gasteiger partial charge in [0.15, 0.2) is 0 Å². The minimum Gasteiger partial charge on any atom is -0.341 e. The van der Waals surface area contributed by atoms with Crippen LogP contribution in [0.3, 0.4) is 0 Å². The summed E-state index contributed by atoms with van der Waals surface area (Å²) in [6.07, 6.45) is -0.317. The fourth-order valence-corrected chi connectivity index (χ4v) is 4.30. The Morgan fingerprint density at radius 1 is 1.16 bits per heavy atom. The number of hydrogen-bond acceptors (Lipinski definition) is 3. The lowest BCUT2D eigenvalue weighted by Crippen LogP contribution is -2.42. The molecule has 3 unspecified atom stereocenters. The number of amides is 2. The van der Waals surface area contributed by atoms with E-state index in [1.807, 2.05) is 41.5 Å². The molecule has 1 fully saturated rings. The van der Waals surface area contributed by atoms with E-state index in [4.69, 9.17) is 0 Å². The first-order valence-corrected chi connectivity index (χ1v) is 10.5. The Kier molecular flexibility index (Phi) is 7.06. The van der Waals surface area contributed by atoms with Crippen LogP contribution in [0.2, 0.25) is 0 Å². The Labute approximate surface area is 183 Å². The van der Waals surface area contributed by atoms with E-state index < -0.39 is 40.8 Å². The van der Waals surface area contributed by atoms with E-state index in [0.29, 0.717) is 18.2 Å². The molecule has 3 atom stereocenters. The van der Waals surface area contributed by atoms with Crippen molar-refractivity contribution in [1.29, 1.82) is 0 Å². The molecule has 1 saturated carbocycles. The Morgan fingerprint density at radius 2 is 1.88 bits per heavy atom. The minimum absolute atomic E-state index is 0.119. The van der Waals surface area contributed by atoms with Gasteiger partial charge in [0.05, 0.1) is 11.6 Å². The van der Waals surface area contributed by atoms with Gasteiger partial charge in [-0.25, -0.2) is 0 Å². The zero-order valence-electron chi connectivity index (χ0n) is 17.9. The van der Waals surface area contributed by atoms with Crippen molar-refractivity contribution in [2.24, 2.45) is 11.8 Å². The topological polar surface area (TPSA) is 91.1 Å². The minimum atomic E-state index is -4.71. The van der Waals surface area contributed by atoms with E-state index in [9.17, 15) is 27.6 Å². The number of nitrogens with one attached hydrogen (secondary N) is 3. The fourth-order valence-electron chi connectivity index (χ4n) is 4.30. The number of H-pyrrole nitrogens is 1. The Hall–Kier alpha value is -3.10. The summed E-state index contributed by atoms with van der Waals surface area (Å²) in [5.74, 6) is -1.60. The zero-order valence-corrected chi connectivity index (χ0v) is 17.9. The third-order valence-electron chi connectivity index (χ3n) is 5.94. The molecular weight excluding hydrogens is 423 g/mol. The molecule has 1 aromatic heterocycles. The summed E-state index contributed by atoms with van der Waals surface area (Å²) in [7, 11) is 0. The number of pyridine rings is 1. The lowest BCUT2D eigenvalue weighted by atomic mass is 9.76. The predicted molar refractivity (Wildman–Crippen MR) is 114 cm³/mol. The van der Waals surface area contributed by atoms with Gasteiger partial charge in [-0.2, -0.15) is 13.2 Å². The second kappa shape index (κ2) is 9.58. The number of carbonyl (C=O) groups excluding carboxylic acids is 2. The monoisotopic (exact) mass is 449 g/mol. The number of hydrogen-bond donors (Lipinski definition) is 3. The number of rotatable bonds is 4. The van der Waals surface area contributed by atoms with Gasteiger partial charge in [0.1, 0.15) is 5.69 Å². The molecule has 1 aromatic carbocycles. The first-order chi connectivity index (χ1) is 15.1. The van der Waals surface area contributed by atoms with Crippen LogP contribution in [0.1, 0.15) is 55.3 Å². The molecule has 1 heterocycles. The molecule has 2 amide bonds. The van der Waals surface area contributed by atoms with Crippen molar-refractivity contribution in [3.63, 3.8) is 0 Å². The molecule has 1 aliphatic rings. The molecule has 0 aliphatic heterocycles. The predicted octanol–water partition coefficient (Wildman–Crippen LogP) is 4.32. The van der Waals surface area contributed by atoms with Crippen LogP contribution in [0.25, 0.3) is 0 Å². The van der Waals surface area contributed by atoms with Crippen LogP contribution >= 0.6 is 0 Å². The van der Waals surface area contributed by atoms with Gasteiger partial charge in [-0.3, -0.25) is 14.4 Å². The SMILES string of the molecule is Cc1ccccc1C(NC(=O)C(=O)Nc1cc(C(F)(F)F)c[nH]c1=O)C1CCCC(C)C1. The van der Waals surface area contributed by atoms with Crippen LogP contribution in [-0.4, -0.2) is 16.8 Å². The third kappa shape index (κ3) is 5.57. The van der Waals surface area contributed by atoms with Gasteiger partial charge in [0, 0.05) is 6.20 Å². The van der Waals surface area contributed by atoms with Crippen molar-refractivity contribution in [2.75, 3.05) is 5.32 Å². The van der Waals surface area contributed by atoms with E-state index in [0.717, 1.165) is 36.8 Å². The number of aryl methyl sites for hydroxylation is 1. The largest absolute Gasteiger partial charge is 0.417 e. The van der Waals surface area contributed by atoms with Crippen molar-refractivity contribution >= 4 is 17.5 Å². The maximum Gasteiger partial charge on any atom is 0.417 e. The van der Waals surface area contributed by atoms with Gasteiger partial charge in [-0.1, -0.05) is 44.0 Å². The van der Waals surface area contributed by atoms with Gasteiger partial charge in [-0.15, -0.1) is 0 Å². The number of aromatic nitrogens is 1. The van der Waals surface area contributed by atoms with E-state index in [1.54, 1.807) is 0 Å². The highest BCUT2D eigenvalue weighted by atomic mass is 19.4. The quantitative estimate of drug-likeness (QED) is 0.607. The van der Waals surface area contributed by atoms with Crippen LogP contribution in [0, 0.1) is 18.8 Å². The van der Waals surface area contributed by atoms with E-state index >= 15 is 0 Å². The summed E-state index contributed by atoms with van der Waals surface area (Å²) in [4.78, 5) is 39.0. The lowest BCUT2D eigenvalue weighted by Gasteiger charge is -2.34. The summed E-state index contributed by atoms with van der Waals surface area (Å²) < 4.78 is 38.7. The molecule has 0 saturated heterocycles. The number of alkyl halides is 3. The van der Waals surface area contributed by atoms with Crippen molar-refractivity contribution in [1.82, 2.24) is 10.3 Å². The smallest absolute Gasteiger partial charge is 0.341 e. The molecule has 172 valence electrons. The maximum atomic E-state index is 12.9. The van der Waals surface area contributed by atoms with Crippen LogP contribution in [0.5, 0.6) is 0 Å². The second-order valence-electron chi connectivity index (χ2n) is 8.42. The van der Waals surface area contributed by atoms with Gasteiger partial charge < -0.3 is 15.6 Å². The fraction of sp³-hybridized carbons (Fsp3) is 0.435. The molecular formula is C23H26F3N3O3. The summed E-state index contributed by atoms with van der Waals surface area (Å²) in [6, 6.07) is 7.64. The molecule has 0 radical (unpaired) electrons. The van der Waals surface area contributed by atoms with Gasteiger partial charge in [-0.05, 0) is 48.8 Å². The van der Waals surface area contributed by atoms with Gasteiger partial charge >= 0.3 is 18.0 Å². The molecule has 2 aromatic rings. The van der Waals surface area contributed by atoms with Crippen molar-refractivity contribution in [2.45, 2.75) is 51.7 Å². The van der Waals surface area contributed by atoms with Crippen molar-refractivity contribution < 1.29 is 22.8 Å². The van der Waals surface area contributed by atoms with E-state index in [-0.39, 0.29) is 5.92 Å². The van der Waals surface area contributed by atoms with Gasteiger partial charge in [0.2, 0.25) is 0 Å². The van der Waals surface area contributed by atoms with Crippen LogP contribution in [0.4, 0.5) is 18.9 Å². The zero-order chi connectivity index (χ0) is 23.5. The summed E-state index contributed by atoms with van der Waals surface area (Å²) in [5, 5.41) is 4.77. The first-order valence-electron chi connectivity index (χ1n) is 10.5. The third-order valence-corrected chi connectivity index (χ3v) is 5.94. The van der Waals surface area contributed by atoms with Crippen molar-refractivity contribution in [3.05, 3.63) is 63.6 Å². The van der Waals surface area contributed by atoms with Gasteiger partial charge in [0.25, 0.3) is 5.56 Å². The van der Waals surface area contributed by atoms with Crippen LogP contribution < -0.4 is 16.2 Å². The Morgan fingerprint density at radius 3 is 2.53 bits per heavy atom. The average molecular weight is 449 g/mol. The van der Waals surface area contributed by atoms with Crippen LogP contribution in [-0.2, 0) is 15.8 Å². The highest BCUT2D eigenvalue weighted by Gasteiger charge is 2.33. The lowest BCUT2D eigenvalue weighted by molar-refractivity contribution is -0.138. The molecule has 3 rings (SSSR count). The molecule has 3 N–H and O–H groups in total. The highest BCUT2D eigenvalue weighted by molar-refractivity contribution is 6.39. The second-order valence-corrected chi connectivity index (χ2v) is 8.42.